The van der Waals surface area contributed by atoms with Gasteiger partial charge in [0.15, 0.2) is 0 Å². The van der Waals surface area contributed by atoms with E-state index in [0.717, 1.165) is 73.7 Å². The zero-order chi connectivity index (χ0) is 43.0. The van der Waals surface area contributed by atoms with E-state index in [-0.39, 0.29) is 20.1 Å². The number of fused-ring (bicyclic) bond motifs is 3. The smallest absolute Gasteiger partial charge is 0.141 e. The minimum atomic E-state index is -1.42. The van der Waals surface area contributed by atoms with Crippen molar-refractivity contribution in [2.75, 3.05) is 0 Å². The zero-order valence-electron chi connectivity index (χ0n) is 38.1. The Morgan fingerprint density at radius 3 is 2.11 bits per heavy atom. The van der Waals surface area contributed by atoms with Crippen LogP contribution in [0.25, 0.3) is 55.6 Å². The molecule has 0 N–H and O–H groups in total. The first-order chi connectivity index (χ1) is 29.3. The van der Waals surface area contributed by atoms with Crippen LogP contribution in [0.3, 0.4) is 0 Å². The van der Waals surface area contributed by atoms with Gasteiger partial charge in [0.1, 0.15) is 5.58 Å². The molecule has 9 rings (SSSR count). The summed E-state index contributed by atoms with van der Waals surface area (Å²) < 4.78 is 10.8. The maximum absolute atomic E-state index is 6.75. The average molecular weight is 1020 g/mol. The second-order valence-corrected chi connectivity index (χ2v) is 24.5. The summed E-state index contributed by atoms with van der Waals surface area (Å²) in [6.45, 7) is 22.8. The molecular weight excluding hydrogens is 949 g/mol. The molecule has 1 radical (unpaired) electrons. The number of nitrogens with zero attached hydrogens (tertiary/aromatic N) is 2. The molecule has 0 bridgehead atoms. The Hall–Kier alpha value is -4.67. The molecule has 5 heteroatoms. The van der Waals surface area contributed by atoms with Crippen molar-refractivity contribution in [3.8, 4) is 33.6 Å². The number of hydrogen-bond acceptors (Lipinski definition) is 1. The molecule has 2 aliphatic rings. The normalized spacial score (nSPS) is 14.9. The number of pyridine rings is 2. The van der Waals surface area contributed by atoms with Gasteiger partial charge in [-0.15, -0.1) is 17.7 Å². The maximum Gasteiger partial charge on any atom is 0.141 e. The van der Waals surface area contributed by atoms with Crippen LogP contribution in [0, 0.1) is 40.8 Å². The Labute approximate surface area is 387 Å². The van der Waals surface area contributed by atoms with Crippen molar-refractivity contribution in [2.45, 2.75) is 116 Å². The summed E-state index contributed by atoms with van der Waals surface area (Å²) >= 11 is 0. The number of aromatic nitrogens is 2. The first kappa shape index (κ1) is 45.4. The molecule has 3 nitrogen and oxygen atoms in total. The van der Waals surface area contributed by atoms with E-state index in [1.165, 1.54) is 96.5 Å². The van der Waals surface area contributed by atoms with Crippen LogP contribution in [-0.4, -0.2) is 8.07 Å². The Balaban J connectivity index is 0.000000192. The zero-order valence-corrected chi connectivity index (χ0v) is 41.5. The Morgan fingerprint density at radius 2 is 1.42 bits per heavy atom. The van der Waals surface area contributed by atoms with E-state index >= 15 is 0 Å². The van der Waals surface area contributed by atoms with Crippen LogP contribution in [-0.2, 0) is 26.5 Å². The minimum Gasteiger partial charge on any atom is -0.469 e. The molecule has 325 valence electrons. The molecule has 0 aliphatic heterocycles. The summed E-state index contributed by atoms with van der Waals surface area (Å²) in [5.74, 6) is 2.02. The molecule has 2 aliphatic carbocycles. The molecular formula is C57H66IrN2OSi-2. The van der Waals surface area contributed by atoms with Crippen molar-refractivity contribution in [2.24, 2.45) is 5.92 Å². The Kier molecular flexibility index (Phi) is 13.9. The van der Waals surface area contributed by atoms with E-state index in [2.05, 4.69) is 170 Å². The van der Waals surface area contributed by atoms with Crippen molar-refractivity contribution >= 4 is 35.2 Å². The third kappa shape index (κ3) is 9.33. The minimum absolute atomic E-state index is 0. The van der Waals surface area contributed by atoms with E-state index in [1.54, 1.807) is 0 Å². The van der Waals surface area contributed by atoms with Crippen molar-refractivity contribution in [3.63, 3.8) is 0 Å². The van der Waals surface area contributed by atoms with Gasteiger partial charge in [-0.05, 0) is 47.8 Å². The molecule has 62 heavy (non-hydrogen) atoms. The largest absolute Gasteiger partial charge is 0.469 e. The number of aryl methyl sites for hydroxylation is 1. The fourth-order valence-corrected chi connectivity index (χ4v) is 12.1. The van der Waals surface area contributed by atoms with Gasteiger partial charge < -0.3 is 13.6 Å². The third-order valence-corrected chi connectivity index (χ3v) is 15.6. The van der Waals surface area contributed by atoms with E-state index in [9.17, 15) is 0 Å². The molecule has 7 aromatic rings. The number of furan rings is 1. The van der Waals surface area contributed by atoms with Crippen LogP contribution < -0.4 is 14.3 Å². The van der Waals surface area contributed by atoms with Gasteiger partial charge in [-0.25, -0.2) is 0 Å². The summed E-state index contributed by atoms with van der Waals surface area (Å²) in [6.07, 6.45) is 17.7. The van der Waals surface area contributed by atoms with E-state index in [4.69, 9.17) is 4.42 Å². The standard InChI is InChI=1S/C33H32NO.C24H34NSi.Ir/c1-22-19-23(2)31(29-21-25(17-18-34(29)3)20-24-11-6-4-7-12-24)33-30(22)28-16-10-15-27(32(28)35-33)26-13-8-5-9-14-26;1-17(2)21-15-23(25(4)16-24(21)26(5,6)7)22-14-20(13-12-18(22)3)19-10-8-9-11-19;/h5,8-10,13-19,21,24H,2-4,6-7,11-12,20H2,1H3;12-17,19H,3-4,8-11H2,1-2,5-7H3;/q2*-1;. The van der Waals surface area contributed by atoms with Gasteiger partial charge in [0.2, 0.25) is 0 Å². The number of para-hydroxylation sites is 1. The quantitative estimate of drug-likeness (QED) is 0.0844. The predicted octanol–water partition coefficient (Wildman–Crippen LogP) is 14.2. The Morgan fingerprint density at radius 1 is 0.710 bits per heavy atom. The number of hydrogen-bond donors (Lipinski definition) is 0. The summed E-state index contributed by atoms with van der Waals surface area (Å²) in [5, 5.41) is 3.83. The second-order valence-electron chi connectivity index (χ2n) is 19.5. The SMILES string of the molecule is [CH2-]c1cc(C)c2c(oc3c(-c4ccccc4)cccc32)c1-c1cc(CC2CCCCC2)cc[n+]1[CH2-].[CH2-]c1ccc(C2CCCC2)cc1-c1cc(C(C)C)c([Si](C)(C)C)c[n+]1[CH2-].[Ir]. The van der Waals surface area contributed by atoms with Gasteiger partial charge in [-0.3, -0.25) is 0 Å². The molecule has 0 spiro atoms. The third-order valence-electron chi connectivity index (χ3n) is 13.6. The van der Waals surface area contributed by atoms with Gasteiger partial charge in [0.25, 0.3) is 0 Å². The summed E-state index contributed by atoms with van der Waals surface area (Å²) in [5.41, 5.74) is 16.2. The van der Waals surface area contributed by atoms with Crippen molar-refractivity contribution in [1.82, 2.24) is 0 Å². The second kappa shape index (κ2) is 19.0. The van der Waals surface area contributed by atoms with Crippen molar-refractivity contribution in [1.29, 1.82) is 0 Å². The van der Waals surface area contributed by atoms with Gasteiger partial charge in [0, 0.05) is 50.5 Å². The van der Waals surface area contributed by atoms with Crippen LogP contribution in [0.5, 0.6) is 0 Å². The topological polar surface area (TPSA) is 20.9 Å². The summed E-state index contributed by atoms with van der Waals surface area (Å²) in [4.78, 5) is 0. The van der Waals surface area contributed by atoms with Gasteiger partial charge in [0.05, 0.1) is 37.4 Å². The average Bonchev–Trinajstić information content (AvgIpc) is 3.92. The summed E-state index contributed by atoms with van der Waals surface area (Å²) in [6, 6.07) is 32.9. The van der Waals surface area contributed by atoms with Gasteiger partial charge >= 0.3 is 0 Å². The fourth-order valence-electron chi connectivity index (χ4n) is 10.3. The van der Waals surface area contributed by atoms with Crippen molar-refractivity contribution < 1.29 is 33.7 Å². The maximum atomic E-state index is 6.75. The monoisotopic (exact) mass is 1020 g/mol. The van der Waals surface area contributed by atoms with Crippen LogP contribution >= 0.6 is 0 Å². The number of benzene rings is 4. The first-order valence-corrected chi connectivity index (χ1v) is 26.4. The molecule has 2 fully saturated rings. The van der Waals surface area contributed by atoms with E-state index in [1.807, 2.05) is 10.6 Å². The van der Waals surface area contributed by atoms with Crippen LogP contribution in [0.15, 0.2) is 108 Å². The van der Waals surface area contributed by atoms with E-state index in [0.29, 0.717) is 5.92 Å². The molecule has 0 atom stereocenters. The van der Waals surface area contributed by atoms with Crippen LogP contribution in [0.4, 0.5) is 0 Å². The van der Waals surface area contributed by atoms with Crippen molar-refractivity contribution in [3.05, 3.63) is 165 Å². The fraction of sp³-hybridized carbons (Fsp3) is 0.333. The van der Waals surface area contributed by atoms with Gasteiger partial charge in [-0.2, -0.15) is 37.1 Å². The first-order valence-electron chi connectivity index (χ1n) is 22.9. The van der Waals surface area contributed by atoms with Gasteiger partial charge in [-0.1, -0.05) is 180 Å². The molecule has 4 aromatic carbocycles. The summed E-state index contributed by atoms with van der Waals surface area (Å²) in [7, 11) is 7.25. The molecule has 3 heterocycles. The molecule has 0 unspecified atom stereocenters. The van der Waals surface area contributed by atoms with E-state index < -0.39 is 8.07 Å². The molecule has 0 saturated heterocycles. The van der Waals surface area contributed by atoms with Crippen LogP contribution in [0.2, 0.25) is 19.6 Å². The van der Waals surface area contributed by atoms with Crippen LogP contribution in [0.1, 0.15) is 117 Å². The molecule has 3 aromatic heterocycles. The predicted molar refractivity (Wildman–Crippen MR) is 261 cm³/mol. The molecule has 0 amide bonds. The number of rotatable bonds is 8. The Bertz CT molecular complexity index is 2680. The molecule has 2 saturated carbocycles.